The lowest BCUT2D eigenvalue weighted by Gasteiger charge is -2.02. The SMILES string of the molecule is C[C@@H](N)Cc1ccc(Br)cn1. The number of nitrogens with zero attached hydrogens (tertiary/aromatic N) is 1. The van der Waals surface area contributed by atoms with Crippen LogP contribution in [0.2, 0.25) is 0 Å². The van der Waals surface area contributed by atoms with Gasteiger partial charge in [-0.05, 0) is 35.0 Å². The molecule has 0 bridgehead atoms. The van der Waals surface area contributed by atoms with Crippen LogP contribution < -0.4 is 5.73 Å². The molecular formula is C8H11BrN2. The van der Waals surface area contributed by atoms with Gasteiger partial charge < -0.3 is 5.73 Å². The van der Waals surface area contributed by atoms with Crippen molar-refractivity contribution in [1.82, 2.24) is 4.98 Å². The van der Waals surface area contributed by atoms with Gasteiger partial charge in [-0.1, -0.05) is 0 Å². The molecule has 0 spiro atoms. The number of pyridine rings is 1. The Morgan fingerprint density at radius 3 is 2.82 bits per heavy atom. The number of halogens is 1. The van der Waals surface area contributed by atoms with Crippen LogP contribution in [0, 0.1) is 0 Å². The van der Waals surface area contributed by atoms with E-state index in [-0.39, 0.29) is 6.04 Å². The van der Waals surface area contributed by atoms with Crippen LogP contribution in [0.5, 0.6) is 0 Å². The normalized spacial score (nSPS) is 13.0. The minimum absolute atomic E-state index is 0.184. The summed E-state index contributed by atoms with van der Waals surface area (Å²) in [4.78, 5) is 4.19. The summed E-state index contributed by atoms with van der Waals surface area (Å²) in [7, 11) is 0. The van der Waals surface area contributed by atoms with Gasteiger partial charge in [0.2, 0.25) is 0 Å². The Bertz CT molecular complexity index is 218. The topological polar surface area (TPSA) is 38.9 Å². The van der Waals surface area contributed by atoms with Crippen molar-refractivity contribution in [2.75, 3.05) is 0 Å². The zero-order valence-corrected chi connectivity index (χ0v) is 8.01. The fourth-order valence-corrected chi connectivity index (χ4v) is 1.09. The summed E-state index contributed by atoms with van der Waals surface area (Å²) >= 11 is 3.32. The maximum Gasteiger partial charge on any atom is 0.0419 e. The van der Waals surface area contributed by atoms with Crippen molar-refractivity contribution in [1.29, 1.82) is 0 Å². The Balaban J connectivity index is 2.66. The zero-order valence-electron chi connectivity index (χ0n) is 6.42. The van der Waals surface area contributed by atoms with E-state index in [1.807, 2.05) is 19.1 Å². The second-order valence-corrected chi connectivity index (χ2v) is 3.56. The molecule has 3 heteroatoms. The molecule has 0 radical (unpaired) electrons. The summed E-state index contributed by atoms with van der Waals surface area (Å²) < 4.78 is 1.01. The van der Waals surface area contributed by atoms with Gasteiger partial charge in [0.15, 0.2) is 0 Å². The van der Waals surface area contributed by atoms with E-state index in [0.717, 1.165) is 16.6 Å². The van der Waals surface area contributed by atoms with Gasteiger partial charge >= 0.3 is 0 Å². The molecule has 2 N–H and O–H groups in total. The van der Waals surface area contributed by atoms with Crippen LogP contribution in [0.1, 0.15) is 12.6 Å². The average Bonchev–Trinajstić information content (AvgIpc) is 1.93. The molecule has 1 atom stereocenters. The Morgan fingerprint density at radius 1 is 1.64 bits per heavy atom. The van der Waals surface area contributed by atoms with Crippen LogP contribution in [-0.4, -0.2) is 11.0 Å². The molecule has 0 saturated carbocycles. The number of rotatable bonds is 2. The van der Waals surface area contributed by atoms with Crippen LogP contribution in [-0.2, 0) is 6.42 Å². The molecule has 2 nitrogen and oxygen atoms in total. The monoisotopic (exact) mass is 214 g/mol. The van der Waals surface area contributed by atoms with E-state index in [0.29, 0.717) is 0 Å². The number of aromatic nitrogens is 1. The molecule has 0 unspecified atom stereocenters. The first kappa shape index (κ1) is 8.68. The van der Waals surface area contributed by atoms with Gasteiger partial charge in [-0.25, -0.2) is 0 Å². The van der Waals surface area contributed by atoms with E-state index >= 15 is 0 Å². The lowest BCUT2D eigenvalue weighted by atomic mass is 10.2. The standard InChI is InChI=1S/C8H11BrN2/c1-6(10)4-8-3-2-7(9)5-11-8/h2-3,5-6H,4,10H2,1H3/t6-/m1/s1. The largest absolute Gasteiger partial charge is 0.328 e. The number of hydrogen-bond acceptors (Lipinski definition) is 2. The van der Waals surface area contributed by atoms with Gasteiger partial charge in [-0.2, -0.15) is 0 Å². The molecule has 0 amide bonds. The molecule has 0 fully saturated rings. The molecular weight excluding hydrogens is 204 g/mol. The molecule has 0 aliphatic heterocycles. The van der Waals surface area contributed by atoms with E-state index in [4.69, 9.17) is 5.73 Å². The molecule has 0 aliphatic carbocycles. The minimum Gasteiger partial charge on any atom is -0.328 e. The van der Waals surface area contributed by atoms with Crippen molar-refractivity contribution in [2.24, 2.45) is 5.73 Å². The minimum atomic E-state index is 0.184. The van der Waals surface area contributed by atoms with Gasteiger partial charge in [0.25, 0.3) is 0 Å². The second kappa shape index (κ2) is 3.83. The molecule has 0 aromatic carbocycles. The third-order valence-electron chi connectivity index (χ3n) is 1.32. The van der Waals surface area contributed by atoms with Crippen molar-refractivity contribution in [3.05, 3.63) is 28.5 Å². The number of nitrogens with two attached hydrogens (primary N) is 1. The third kappa shape index (κ3) is 2.99. The molecule has 1 aromatic rings. The van der Waals surface area contributed by atoms with Crippen LogP contribution in [0.3, 0.4) is 0 Å². The van der Waals surface area contributed by atoms with Crippen LogP contribution in [0.25, 0.3) is 0 Å². The van der Waals surface area contributed by atoms with Crippen molar-refractivity contribution >= 4 is 15.9 Å². The summed E-state index contributed by atoms with van der Waals surface area (Å²) in [5, 5.41) is 0. The van der Waals surface area contributed by atoms with Crippen LogP contribution in [0.4, 0.5) is 0 Å². The first-order valence-electron chi connectivity index (χ1n) is 3.54. The first-order chi connectivity index (χ1) is 5.18. The van der Waals surface area contributed by atoms with Gasteiger partial charge in [0, 0.05) is 28.8 Å². The smallest absolute Gasteiger partial charge is 0.0419 e. The van der Waals surface area contributed by atoms with Gasteiger partial charge in [-0.3, -0.25) is 4.98 Å². The summed E-state index contributed by atoms with van der Waals surface area (Å²) in [5.41, 5.74) is 6.66. The Kier molecular flexibility index (Phi) is 3.02. The van der Waals surface area contributed by atoms with Crippen molar-refractivity contribution in [2.45, 2.75) is 19.4 Å². The van der Waals surface area contributed by atoms with Crippen molar-refractivity contribution in [3.8, 4) is 0 Å². The van der Waals surface area contributed by atoms with Crippen LogP contribution >= 0.6 is 15.9 Å². The maximum atomic E-state index is 5.61. The summed E-state index contributed by atoms with van der Waals surface area (Å²) in [6, 6.07) is 4.14. The Morgan fingerprint density at radius 2 is 2.36 bits per heavy atom. The highest BCUT2D eigenvalue weighted by Crippen LogP contribution is 2.07. The maximum absolute atomic E-state index is 5.61. The molecule has 0 aliphatic rings. The van der Waals surface area contributed by atoms with E-state index in [2.05, 4.69) is 20.9 Å². The van der Waals surface area contributed by atoms with Crippen molar-refractivity contribution < 1.29 is 0 Å². The van der Waals surface area contributed by atoms with E-state index in [1.54, 1.807) is 6.20 Å². The van der Waals surface area contributed by atoms with Crippen LogP contribution in [0.15, 0.2) is 22.8 Å². The Labute approximate surface area is 75.0 Å². The molecule has 60 valence electrons. The lowest BCUT2D eigenvalue weighted by molar-refractivity contribution is 0.722. The lowest BCUT2D eigenvalue weighted by Crippen LogP contribution is -2.18. The fraction of sp³-hybridized carbons (Fsp3) is 0.375. The third-order valence-corrected chi connectivity index (χ3v) is 1.79. The summed E-state index contributed by atoms with van der Waals surface area (Å²) in [5.74, 6) is 0. The number of hydrogen-bond donors (Lipinski definition) is 1. The second-order valence-electron chi connectivity index (χ2n) is 2.65. The van der Waals surface area contributed by atoms with E-state index in [1.165, 1.54) is 0 Å². The summed E-state index contributed by atoms with van der Waals surface area (Å²) in [6.45, 7) is 1.98. The quantitative estimate of drug-likeness (QED) is 0.815. The first-order valence-corrected chi connectivity index (χ1v) is 4.34. The fourth-order valence-electron chi connectivity index (χ4n) is 0.857. The van der Waals surface area contributed by atoms with Gasteiger partial charge in [0.05, 0.1) is 0 Å². The predicted octanol–water partition coefficient (Wildman–Crippen LogP) is 1.73. The highest BCUT2D eigenvalue weighted by atomic mass is 79.9. The summed E-state index contributed by atoms with van der Waals surface area (Å²) in [6.07, 6.45) is 2.63. The average molecular weight is 215 g/mol. The molecule has 11 heavy (non-hydrogen) atoms. The molecule has 1 rings (SSSR count). The van der Waals surface area contributed by atoms with Gasteiger partial charge in [0.1, 0.15) is 0 Å². The van der Waals surface area contributed by atoms with E-state index in [9.17, 15) is 0 Å². The van der Waals surface area contributed by atoms with Crippen molar-refractivity contribution in [3.63, 3.8) is 0 Å². The highest BCUT2D eigenvalue weighted by molar-refractivity contribution is 9.10. The Hall–Kier alpha value is -0.410. The zero-order chi connectivity index (χ0) is 8.27. The van der Waals surface area contributed by atoms with E-state index < -0.39 is 0 Å². The molecule has 1 aromatic heterocycles. The predicted molar refractivity (Wildman–Crippen MR) is 49.3 cm³/mol. The molecule has 1 heterocycles. The highest BCUT2D eigenvalue weighted by Gasteiger charge is 1.97. The van der Waals surface area contributed by atoms with Gasteiger partial charge in [-0.15, -0.1) is 0 Å². The molecule has 0 saturated heterocycles.